The minimum Gasteiger partial charge on any atom is -0.388 e. The highest BCUT2D eigenvalue weighted by molar-refractivity contribution is 6.06. The smallest absolute Gasteiger partial charge is 0.252 e. The summed E-state index contributed by atoms with van der Waals surface area (Å²) in [4.78, 5) is 16.4. The molecule has 2 N–H and O–H groups in total. The molecule has 1 aliphatic carbocycles. The zero-order valence-electron chi connectivity index (χ0n) is 10.6. The van der Waals surface area contributed by atoms with Crippen LogP contribution in [0.5, 0.6) is 0 Å². The van der Waals surface area contributed by atoms with Gasteiger partial charge in [0.15, 0.2) is 0 Å². The second kappa shape index (κ2) is 4.63. The number of amides is 1. The Labute approximate surface area is 111 Å². The molecule has 4 nitrogen and oxygen atoms in total. The maximum atomic E-state index is 12.2. The molecule has 3 rings (SSSR count). The fourth-order valence-corrected chi connectivity index (χ4v) is 2.40. The number of carbonyl (C=O) groups is 1. The van der Waals surface area contributed by atoms with Crippen LogP contribution < -0.4 is 5.32 Å². The molecule has 19 heavy (non-hydrogen) atoms. The molecule has 0 saturated heterocycles. The highest BCUT2D eigenvalue weighted by atomic mass is 16.3. The lowest BCUT2D eigenvalue weighted by Crippen LogP contribution is -2.47. The van der Waals surface area contributed by atoms with E-state index in [1.54, 1.807) is 12.3 Å². The van der Waals surface area contributed by atoms with Crippen molar-refractivity contribution in [1.82, 2.24) is 10.3 Å². The van der Waals surface area contributed by atoms with Crippen LogP contribution in [0.4, 0.5) is 0 Å². The van der Waals surface area contributed by atoms with Crippen LogP contribution >= 0.6 is 0 Å². The molecule has 4 heteroatoms. The Hall–Kier alpha value is -1.94. The van der Waals surface area contributed by atoms with Gasteiger partial charge in [0.25, 0.3) is 5.91 Å². The van der Waals surface area contributed by atoms with Gasteiger partial charge in [0.1, 0.15) is 0 Å². The van der Waals surface area contributed by atoms with Gasteiger partial charge < -0.3 is 10.4 Å². The Morgan fingerprint density at radius 2 is 2.16 bits per heavy atom. The monoisotopic (exact) mass is 256 g/mol. The summed E-state index contributed by atoms with van der Waals surface area (Å²) in [6.45, 7) is 0.322. The predicted molar refractivity (Wildman–Crippen MR) is 72.9 cm³/mol. The van der Waals surface area contributed by atoms with Gasteiger partial charge in [-0.15, -0.1) is 0 Å². The molecule has 0 spiro atoms. The van der Waals surface area contributed by atoms with Crippen molar-refractivity contribution < 1.29 is 9.90 Å². The first-order valence-electron chi connectivity index (χ1n) is 6.52. The third-order valence-electron chi connectivity index (χ3n) is 3.75. The molecular formula is C15H16N2O2. The molecule has 1 aromatic heterocycles. The first kappa shape index (κ1) is 12.1. The van der Waals surface area contributed by atoms with Crippen LogP contribution in [0, 0.1) is 0 Å². The largest absolute Gasteiger partial charge is 0.388 e. The van der Waals surface area contributed by atoms with Crippen molar-refractivity contribution in [3.05, 3.63) is 42.1 Å². The zero-order chi connectivity index (χ0) is 13.3. The Kier molecular flexibility index (Phi) is 2.95. The molecule has 0 unspecified atom stereocenters. The maximum absolute atomic E-state index is 12.2. The molecular weight excluding hydrogens is 240 g/mol. The van der Waals surface area contributed by atoms with Crippen molar-refractivity contribution in [2.45, 2.75) is 24.9 Å². The summed E-state index contributed by atoms with van der Waals surface area (Å²) >= 11 is 0. The van der Waals surface area contributed by atoms with Crippen molar-refractivity contribution in [1.29, 1.82) is 0 Å². The molecule has 0 atom stereocenters. The van der Waals surface area contributed by atoms with Gasteiger partial charge in [-0.25, -0.2) is 0 Å². The van der Waals surface area contributed by atoms with E-state index >= 15 is 0 Å². The third-order valence-corrected chi connectivity index (χ3v) is 3.75. The number of aromatic nitrogens is 1. The highest BCUT2D eigenvalue weighted by Crippen LogP contribution is 2.30. The molecule has 1 amide bonds. The number of carbonyl (C=O) groups excluding carboxylic acids is 1. The molecule has 0 radical (unpaired) electrons. The number of pyridine rings is 1. The molecule has 1 aromatic carbocycles. The van der Waals surface area contributed by atoms with Gasteiger partial charge in [0.2, 0.25) is 0 Å². The van der Waals surface area contributed by atoms with Crippen molar-refractivity contribution in [3.63, 3.8) is 0 Å². The lowest BCUT2D eigenvalue weighted by molar-refractivity contribution is -0.0300. The summed E-state index contributed by atoms with van der Waals surface area (Å²) in [7, 11) is 0. The summed E-state index contributed by atoms with van der Waals surface area (Å²) in [5.74, 6) is -0.154. The number of hydrogen-bond acceptors (Lipinski definition) is 3. The van der Waals surface area contributed by atoms with E-state index in [-0.39, 0.29) is 5.91 Å². The lowest BCUT2D eigenvalue weighted by Gasteiger charge is -2.36. The van der Waals surface area contributed by atoms with E-state index in [2.05, 4.69) is 10.3 Å². The third kappa shape index (κ3) is 2.31. The topological polar surface area (TPSA) is 62.2 Å². The second-order valence-electron chi connectivity index (χ2n) is 5.14. The van der Waals surface area contributed by atoms with Crippen LogP contribution in [0.3, 0.4) is 0 Å². The average Bonchev–Trinajstić information content (AvgIpc) is 2.42. The first-order chi connectivity index (χ1) is 9.18. The number of nitrogens with zero attached hydrogens (tertiary/aromatic N) is 1. The Morgan fingerprint density at radius 3 is 2.89 bits per heavy atom. The van der Waals surface area contributed by atoms with Crippen LogP contribution in [0.1, 0.15) is 29.6 Å². The van der Waals surface area contributed by atoms with Gasteiger partial charge in [0.05, 0.1) is 11.1 Å². The van der Waals surface area contributed by atoms with Gasteiger partial charge in [-0.3, -0.25) is 9.78 Å². The molecule has 0 aliphatic heterocycles. The van der Waals surface area contributed by atoms with E-state index in [0.717, 1.165) is 30.2 Å². The Morgan fingerprint density at radius 1 is 1.32 bits per heavy atom. The quantitative estimate of drug-likeness (QED) is 0.881. The SMILES string of the molecule is O=C(NCC1(O)CCC1)c1cccc2ncccc12. The van der Waals surface area contributed by atoms with Gasteiger partial charge >= 0.3 is 0 Å². The van der Waals surface area contributed by atoms with Gasteiger partial charge in [-0.2, -0.15) is 0 Å². The van der Waals surface area contributed by atoms with E-state index in [1.165, 1.54) is 0 Å². The standard InChI is InChI=1S/C15H16N2O2/c18-14(17-10-15(19)7-3-8-15)12-4-1-6-13-11(12)5-2-9-16-13/h1-2,4-6,9,19H,3,7-8,10H2,(H,17,18). The van der Waals surface area contributed by atoms with Crippen molar-refractivity contribution in [2.24, 2.45) is 0 Å². The number of benzene rings is 1. The Balaban J connectivity index is 1.81. The highest BCUT2D eigenvalue weighted by Gasteiger charge is 2.34. The van der Waals surface area contributed by atoms with E-state index in [0.29, 0.717) is 12.1 Å². The molecule has 1 heterocycles. The van der Waals surface area contributed by atoms with Gasteiger partial charge in [-0.1, -0.05) is 12.1 Å². The van der Waals surface area contributed by atoms with Crippen LogP contribution in [-0.2, 0) is 0 Å². The summed E-state index contributed by atoms with van der Waals surface area (Å²) < 4.78 is 0. The fourth-order valence-electron chi connectivity index (χ4n) is 2.40. The van der Waals surface area contributed by atoms with E-state index in [1.807, 2.05) is 24.3 Å². The number of fused-ring (bicyclic) bond motifs is 1. The minimum atomic E-state index is -0.696. The second-order valence-corrected chi connectivity index (χ2v) is 5.14. The maximum Gasteiger partial charge on any atom is 0.252 e. The number of aliphatic hydroxyl groups is 1. The van der Waals surface area contributed by atoms with Crippen molar-refractivity contribution in [3.8, 4) is 0 Å². The molecule has 1 aliphatic rings. The Bertz CT molecular complexity index is 615. The molecule has 2 aromatic rings. The van der Waals surface area contributed by atoms with E-state index in [9.17, 15) is 9.90 Å². The normalized spacial score (nSPS) is 16.9. The fraction of sp³-hybridized carbons (Fsp3) is 0.333. The zero-order valence-corrected chi connectivity index (χ0v) is 10.6. The van der Waals surface area contributed by atoms with Crippen LogP contribution in [-0.4, -0.2) is 28.1 Å². The van der Waals surface area contributed by atoms with Crippen molar-refractivity contribution in [2.75, 3.05) is 6.54 Å². The number of nitrogens with one attached hydrogen (secondary N) is 1. The molecule has 1 saturated carbocycles. The van der Waals surface area contributed by atoms with Crippen molar-refractivity contribution >= 4 is 16.8 Å². The summed E-state index contributed by atoms with van der Waals surface area (Å²) in [6, 6.07) is 9.19. The average molecular weight is 256 g/mol. The number of hydrogen-bond donors (Lipinski definition) is 2. The number of rotatable bonds is 3. The van der Waals surface area contributed by atoms with E-state index < -0.39 is 5.60 Å². The molecule has 0 bridgehead atoms. The van der Waals surface area contributed by atoms with Crippen LogP contribution in [0.2, 0.25) is 0 Å². The molecule has 1 fully saturated rings. The minimum absolute atomic E-state index is 0.154. The lowest BCUT2D eigenvalue weighted by atomic mass is 9.80. The summed E-state index contributed by atoms with van der Waals surface area (Å²) in [5.41, 5.74) is 0.712. The first-order valence-corrected chi connectivity index (χ1v) is 6.52. The van der Waals surface area contributed by atoms with Gasteiger partial charge in [-0.05, 0) is 37.5 Å². The molecule has 98 valence electrons. The van der Waals surface area contributed by atoms with Crippen LogP contribution in [0.25, 0.3) is 10.9 Å². The predicted octanol–water partition coefficient (Wildman–Crippen LogP) is 1.88. The summed E-state index contributed by atoms with van der Waals surface area (Å²) in [6.07, 6.45) is 4.28. The van der Waals surface area contributed by atoms with E-state index in [4.69, 9.17) is 0 Å². The van der Waals surface area contributed by atoms with Crippen LogP contribution in [0.15, 0.2) is 36.5 Å². The van der Waals surface area contributed by atoms with Gasteiger partial charge in [0, 0.05) is 23.7 Å². The summed E-state index contributed by atoms with van der Waals surface area (Å²) in [5, 5.41) is 13.6.